The summed E-state index contributed by atoms with van der Waals surface area (Å²) in [5, 5.41) is 0.865. The summed E-state index contributed by atoms with van der Waals surface area (Å²) < 4.78 is 3.60. The van der Waals surface area contributed by atoms with Crippen LogP contribution in [-0.2, 0) is 6.54 Å². The van der Waals surface area contributed by atoms with Gasteiger partial charge in [-0.3, -0.25) is 9.36 Å². The van der Waals surface area contributed by atoms with E-state index in [1.807, 2.05) is 78.2 Å². The normalized spacial score (nSPS) is 11.3. The molecule has 28 heavy (non-hydrogen) atoms. The second-order valence-corrected chi connectivity index (χ2v) is 6.91. The second kappa shape index (κ2) is 6.46. The Hall–Kier alpha value is -3.73. The van der Waals surface area contributed by atoms with Crippen LogP contribution in [0.5, 0.6) is 0 Å². The van der Waals surface area contributed by atoms with Gasteiger partial charge in [0.05, 0.1) is 12.0 Å². The van der Waals surface area contributed by atoms with Gasteiger partial charge in [-0.25, -0.2) is 9.97 Å². The molecule has 0 spiro atoms. The lowest BCUT2D eigenvalue weighted by Gasteiger charge is -2.12. The van der Waals surface area contributed by atoms with Crippen LogP contribution in [0.2, 0.25) is 0 Å². The molecule has 0 aliphatic carbocycles. The van der Waals surface area contributed by atoms with Crippen LogP contribution < -0.4 is 5.56 Å². The molecule has 0 aliphatic heterocycles. The quantitative estimate of drug-likeness (QED) is 0.483. The lowest BCUT2D eigenvalue weighted by Crippen LogP contribution is -2.22. The molecule has 0 N–H and O–H groups in total. The van der Waals surface area contributed by atoms with Crippen LogP contribution in [0.4, 0.5) is 0 Å². The maximum absolute atomic E-state index is 13.6. The largest absolute Gasteiger partial charge is 0.322 e. The average molecular weight is 366 g/mol. The zero-order valence-corrected chi connectivity index (χ0v) is 15.4. The van der Waals surface area contributed by atoms with Crippen molar-refractivity contribution in [1.82, 2.24) is 19.1 Å². The van der Waals surface area contributed by atoms with Crippen molar-refractivity contribution in [3.05, 3.63) is 101 Å². The third-order valence-corrected chi connectivity index (χ3v) is 4.98. The Labute approximate surface area is 161 Å². The number of hydrogen-bond donors (Lipinski definition) is 0. The summed E-state index contributed by atoms with van der Waals surface area (Å²) in [6.45, 7) is 2.62. The Bertz CT molecular complexity index is 1350. The Kier molecular flexibility index (Phi) is 3.79. The number of rotatable bonds is 3. The number of aryl methyl sites for hydroxylation is 1. The number of nitrogens with zero attached hydrogens (tertiary/aromatic N) is 4. The van der Waals surface area contributed by atoms with E-state index in [-0.39, 0.29) is 5.56 Å². The fourth-order valence-corrected chi connectivity index (χ4v) is 3.60. The third-order valence-electron chi connectivity index (χ3n) is 4.98. The van der Waals surface area contributed by atoms with Gasteiger partial charge < -0.3 is 4.57 Å². The molecule has 2 aromatic carbocycles. The Balaban J connectivity index is 1.83. The maximum atomic E-state index is 13.6. The number of fused-ring (bicyclic) bond motifs is 3. The molecule has 0 amide bonds. The summed E-state index contributed by atoms with van der Waals surface area (Å²) in [5.74, 6) is 0. The molecule has 0 fully saturated rings. The molecular formula is C23H18N4O. The first kappa shape index (κ1) is 16.4. The molecule has 5 heteroatoms. The third kappa shape index (κ3) is 2.60. The molecule has 0 unspecified atom stereocenters. The number of imidazole rings is 1. The van der Waals surface area contributed by atoms with Crippen molar-refractivity contribution < 1.29 is 0 Å². The number of hydrogen-bond acceptors (Lipinski definition) is 3. The van der Waals surface area contributed by atoms with Gasteiger partial charge in [0.2, 0.25) is 0 Å². The van der Waals surface area contributed by atoms with E-state index in [9.17, 15) is 4.79 Å². The van der Waals surface area contributed by atoms with Crippen LogP contribution in [0.1, 0.15) is 11.1 Å². The molecule has 0 saturated carbocycles. The fraction of sp³-hybridized carbons (Fsp3) is 0.0870. The van der Waals surface area contributed by atoms with Crippen molar-refractivity contribution in [2.45, 2.75) is 13.5 Å². The molecule has 3 aromatic heterocycles. The molecule has 0 bridgehead atoms. The molecule has 5 rings (SSSR count). The van der Waals surface area contributed by atoms with Gasteiger partial charge in [-0.2, -0.15) is 0 Å². The van der Waals surface area contributed by atoms with Crippen LogP contribution in [-0.4, -0.2) is 19.1 Å². The molecule has 0 saturated heterocycles. The monoisotopic (exact) mass is 366 g/mol. The van der Waals surface area contributed by atoms with E-state index in [2.05, 4.69) is 9.97 Å². The van der Waals surface area contributed by atoms with Crippen molar-refractivity contribution in [2.75, 3.05) is 0 Å². The molecule has 3 heterocycles. The highest BCUT2D eigenvalue weighted by molar-refractivity contribution is 6.01. The fourth-order valence-electron chi connectivity index (χ4n) is 3.60. The minimum absolute atomic E-state index is 0.113. The predicted molar refractivity (Wildman–Crippen MR) is 111 cm³/mol. The minimum atomic E-state index is -0.113. The van der Waals surface area contributed by atoms with Gasteiger partial charge in [0, 0.05) is 18.1 Å². The average Bonchev–Trinajstić information content (AvgIpc) is 3.14. The van der Waals surface area contributed by atoms with Crippen LogP contribution in [0, 0.1) is 6.92 Å². The zero-order valence-electron chi connectivity index (χ0n) is 15.4. The summed E-state index contributed by atoms with van der Waals surface area (Å²) in [4.78, 5) is 22.6. The Morgan fingerprint density at radius 1 is 0.893 bits per heavy atom. The smallest absolute Gasteiger partial charge is 0.282 e. The highest BCUT2D eigenvalue weighted by atomic mass is 16.1. The van der Waals surface area contributed by atoms with Crippen molar-refractivity contribution in [3.63, 3.8) is 0 Å². The van der Waals surface area contributed by atoms with Gasteiger partial charge in [0.15, 0.2) is 0 Å². The lowest BCUT2D eigenvalue weighted by atomic mass is 10.2. The van der Waals surface area contributed by atoms with E-state index in [1.165, 1.54) is 0 Å². The molecule has 0 atom stereocenters. The molecule has 0 radical (unpaired) electrons. The van der Waals surface area contributed by atoms with Gasteiger partial charge in [-0.1, -0.05) is 48.0 Å². The zero-order chi connectivity index (χ0) is 19.1. The molecule has 0 aliphatic rings. The number of pyridine rings is 2. The van der Waals surface area contributed by atoms with E-state index in [1.54, 1.807) is 17.1 Å². The lowest BCUT2D eigenvalue weighted by molar-refractivity contribution is 0.816. The van der Waals surface area contributed by atoms with Gasteiger partial charge in [-0.15, -0.1) is 0 Å². The van der Waals surface area contributed by atoms with E-state index < -0.39 is 0 Å². The Morgan fingerprint density at radius 2 is 1.68 bits per heavy atom. The topological polar surface area (TPSA) is 52.7 Å². The van der Waals surface area contributed by atoms with Crippen LogP contribution in [0.15, 0.2) is 84.0 Å². The predicted octanol–water partition coefficient (Wildman–Crippen LogP) is 4.09. The van der Waals surface area contributed by atoms with Crippen molar-refractivity contribution in [3.8, 4) is 5.69 Å². The first-order valence-electron chi connectivity index (χ1n) is 9.18. The van der Waals surface area contributed by atoms with E-state index in [4.69, 9.17) is 0 Å². The number of benzene rings is 2. The van der Waals surface area contributed by atoms with Crippen LogP contribution in [0.3, 0.4) is 0 Å². The van der Waals surface area contributed by atoms with Crippen molar-refractivity contribution in [2.24, 2.45) is 0 Å². The molecule has 5 aromatic rings. The van der Waals surface area contributed by atoms with Gasteiger partial charge in [-0.05, 0) is 36.8 Å². The van der Waals surface area contributed by atoms with Crippen LogP contribution >= 0.6 is 0 Å². The summed E-state index contributed by atoms with van der Waals surface area (Å²) in [5.41, 5.74) is 4.84. The molecule has 136 valence electrons. The molecule has 5 nitrogen and oxygen atoms in total. The summed E-state index contributed by atoms with van der Waals surface area (Å²) in [7, 11) is 0. The second-order valence-electron chi connectivity index (χ2n) is 6.91. The number of aromatic nitrogens is 4. The first-order valence-corrected chi connectivity index (χ1v) is 9.18. The molecular weight excluding hydrogens is 348 g/mol. The van der Waals surface area contributed by atoms with E-state index in [0.717, 1.165) is 22.2 Å². The van der Waals surface area contributed by atoms with Crippen molar-refractivity contribution >= 4 is 22.1 Å². The van der Waals surface area contributed by atoms with E-state index >= 15 is 0 Å². The maximum Gasteiger partial charge on any atom is 0.282 e. The SMILES string of the molecule is Cc1ccc(-n2c(=O)c3c(ncn3Cc3ccccc3)c3cccnc32)cc1. The first-order chi connectivity index (χ1) is 13.7. The summed E-state index contributed by atoms with van der Waals surface area (Å²) >= 11 is 0. The van der Waals surface area contributed by atoms with Crippen molar-refractivity contribution in [1.29, 1.82) is 0 Å². The summed E-state index contributed by atoms with van der Waals surface area (Å²) in [6.07, 6.45) is 3.45. The summed E-state index contributed by atoms with van der Waals surface area (Å²) in [6, 6.07) is 21.8. The van der Waals surface area contributed by atoms with E-state index in [0.29, 0.717) is 23.2 Å². The highest BCUT2D eigenvalue weighted by Crippen LogP contribution is 2.23. The van der Waals surface area contributed by atoms with Crippen LogP contribution in [0.25, 0.3) is 27.8 Å². The van der Waals surface area contributed by atoms with Gasteiger partial charge in [0.1, 0.15) is 16.7 Å². The standard InChI is InChI=1S/C23H18N4O/c1-16-9-11-18(12-10-16)27-22-19(8-5-13-24-22)20-21(23(27)28)26(15-25-20)14-17-6-3-2-4-7-17/h2-13,15H,14H2,1H3. The minimum Gasteiger partial charge on any atom is -0.322 e. The van der Waals surface area contributed by atoms with Gasteiger partial charge >= 0.3 is 0 Å². The highest BCUT2D eigenvalue weighted by Gasteiger charge is 2.17. The van der Waals surface area contributed by atoms with Gasteiger partial charge in [0.25, 0.3) is 5.56 Å². The Morgan fingerprint density at radius 3 is 2.46 bits per heavy atom.